The SMILES string of the molecule is NC1=NNCC(S)(c2ccccc2)S1. The molecule has 1 atom stereocenters. The second-order valence-electron chi connectivity index (χ2n) is 3.04. The van der Waals surface area contributed by atoms with Gasteiger partial charge >= 0.3 is 0 Å². The lowest BCUT2D eigenvalue weighted by molar-refractivity contribution is 0.687. The summed E-state index contributed by atoms with van der Waals surface area (Å²) in [5, 5.41) is 4.43. The topological polar surface area (TPSA) is 50.4 Å². The molecule has 3 N–H and O–H groups in total. The predicted molar refractivity (Wildman–Crippen MR) is 64.3 cm³/mol. The van der Waals surface area contributed by atoms with Crippen molar-refractivity contribution < 1.29 is 0 Å². The van der Waals surface area contributed by atoms with E-state index in [0.717, 1.165) is 5.56 Å². The van der Waals surface area contributed by atoms with Crippen molar-refractivity contribution in [3.63, 3.8) is 0 Å². The van der Waals surface area contributed by atoms with Crippen LogP contribution in [0.1, 0.15) is 5.56 Å². The summed E-state index contributed by atoms with van der Waals surface area (Å²) in [7, 11) is 0. The number of rotatable bonds is 1. The number of benzene rings is 1. The number of amidine groups is 1. The van der Waals surface area contributed by atoms with Gasteiger partial charge in [-0.2, -0.15) is 17.7 Å². The molecular formula is C9H11N3S2. The molecular weight excluding hydrogens is 214 g/mol. The van der Waals surface area contributed by atoms with Gasteiger partial charge in [-0.25, -0.2) is 0 Å². The minimum atomic E-state index is -0.312. The maximum absolute atomic E-state index is 5.65. The number of nitrogens with one attached hydrogen (secondary N) is 1. The van der Waals surface area contributed by atoms with Gasteiger partial charge in [-0.15, -0.1) is 0 Å². The second kappa shape index (κ2) is 3.74. The molecule has 1 unspecified atom stereocenters. The third-order valence-electron chi connectivity index (χ3n) is 2.01. The summed E-state index contributed by atoms with van der Waals surface area (Å²) in [5.41, 5.74) is 9.68. The van der Waals surface area contributed by atoms with E-state index in [9.17, 15) is 0 Å². The van der Waals surface area contributed by atoms with Crippen LogP contribution in [0.3, 0.4) is 0 Å². The standard InChI is InChI=1S/C9H11N3S2/c10-8-12-11-6-9(13,14-8)7-4-2-1-3-5-7/h1-5,11,13H,6H2,(H2,10,12). The Labute approximate surface area is 92.6 Å². The Hall–Kier alpha value is -0.810. The zero-order chi connectivity index (χ0) is 10.0. The number of nitrogens with zero attached hydrogens (tertiary/aromatic N) is 1. The van der Waals surface area contributed by atoms with Crippen molar-refractivity contribution >= 4 is 29.6 Å². The van der Waals surface area contributed by atoms with Gasteiger partial charge in [0.2, 0.25) is 0 Å². The summed E-state index contributed by atoms with van der Waals surface area (Å²) in [5.74, 6) is 0. The van der Waals surface area contributed by atoms with Crippen LogP contribution in [0.25, 0.3) is 0 Å². The largest absolute Gasteiger partial charge is 0.377 e. The number of hydrazone groups is 1. The van der Waals surface area contributed by atoms with E-state index in [0.29, 0.717) is 11.7 Å². The zero-order valence-corrected chi connectivity index (χ0v) is 9.18. The first-order valence-corrected chi connectivity index (χ1v) is 5.50. The van der Waals surface area contributed by atoms with E-state index in [1.807, 2.05) is 30.3 Å². The molecule has 0 aliphatic carbocycles. The van der Waals surface area contributed by atoms with E-state index in [4.69, 9.17) is 5.73 Å². The van der Waals surface area contributed by atoms with Crippen molar-refractivity contribution in [2.45, 2.75) is 4.08 Å². The Kier molecular flexibility index (Phi) is 2.60. The van der Waals surface area contributed by atoms with Crippen LogP contribution in [0.4, 0.5) is 0 Å². The maximum Gasteiger partial charge on any atom is 0.179 e. The molecule has 14 heavy (non-hydrogen) atoms. The lowest BCUT2D eigenvalue weighted by Gasteiger charge is -2.30. The third-order valence-corrected chi connectivity index (χ3v) is 3.71. The van der Waals surface area contributed by atoms with E-state index >= 15 is 0 Å². The third kappa shape index (κ3) is 1.83. The number of thiol groups is 1. The minimum absolute atomic E-state index is 0.312. The van der Waals surface area contributed by atoms with Crippen LogP contribution in [-0.2, 0) is 4.08 Å². The van der Waals surface area contributed by atoms with Crippen LogP contribution >= 0.6 is 24.4 Å². The number of hydrogen-bond acceptors (Lipinski definition) is 5. The Bertz CT molecular complexity index is 352. The maximum atomic E-state index is 5.65. The van der Waals surface area contributed by atoms with Crippen LogP contribution in [0.15, 0.2) is 35.4 Å². The van der Waals surface area contributed by atoms with Gasteiger partial charge in [0.05, 0.1) is 6.54 Å². The number of nitrogens with two attached hydrogens (primary N) is 1. The normalized spacial score (nSPS) is 26.5. The molecule has 1 aliphatic rings. The first kappa shape index (κ1) is 9.73. The predicted octanol–water partition coefficient (Wildman–Crippen LogP) is 1.34. The van der Waals surface area contributed by atoms with Crippen molar-refractivity contribution in [3.8, 4) is 0 Å². The van der Waals surface area contributed by atoms with Crippen LogP contribution in [-0.4, -0.2) is 11.7 Å². The van der Waals surface area contributed by atoms with Gasteiger partial charge in [0.15, 0.2) is 5.17 Å². The molecule has 0 bridgehead atoms. The quantitative estimate of drug-likeness (QED) is 0.632. The average molecular weight is 225 g/mol. The fourth-order valence-electron chi connectivity index (χ4n) is 1.32. The molecule has 1 heterocycles. The molecule has 0 saturated carbocycles. The Balaban J connectivity index is 2.30. The fraction of sp³-hybridized carbons (Fsp3) is 0.222. The molecule has 0 spiro atoms. The molecule has 1 aliphatic heterocycles. The van der Waals surface area contributed by atoms with E-state index in [1.165, 1.54) is 11.8 Å². The van der Waals surface area contributed by atoms with E-state index in [2.05, 4.69) is 23.2 Å². The molecule has 1 aromatic rings. The van der Waals surface area contributed by atoms with Gasteiger partial charge in [0.1, 0.15) is 4.08 Å². The molecule has 74 valence electrons. The minimum Gasteiger partial charge on any atom is -0.377 e. The van der Waals surface area contributed by atoms with Crippen molar-refractivity contribution in [1.29, 1.82) is 0 Å². The summed E-state index contributed by atoms with van der Waals surface area (Å²) in [6.45, 7) is 0.672. The Morgan fingerprint density at radius 3 is 2.79 bits per heavy atom. The molecule has 2 rings (SSSR count). The van der Waals surface area contributed by atoms with Gasteiger partial charge in [0, 0.05) is 0 Å². The van der Waals surface area contributed by atoms with Gasteiger partial charge < -0.3 is 11.2 Å². The number of hydrogen-bond donors (Lipinski definition) is 3. The summed E-state index contributed by atoms with van der Waals surface area (Å²) in [4.78, 5) is 0. The van der Waals surface area contributed by atoms with E-state index in [-0.39, 0.29) is 4.08 Å². The van der Waals surface area contributed by atoms with Crippen LogP contribution < -0.4 is 11.2 Å². The van der Waals surface area contributed by atoms with Crippen LogP contribution in [0.2, 0.25) is 0 Å². The first-order chi connectivity index (χ1) is 6.71. The Morgan fingerprint density at radius 1 is 1.43 bits per heavy atom. The molecule has 0 fully saturated rings. The monoisotopic (exact) mass is 225 g/mol. The molecule has 1 aromatic carbocycles. The summed E-state index contributed by atoms with van der Waals surface area (Å²) >= 11 is 6.11. The molecule has 0 radical (unpaired) electrons. The van der Waals surface area contributed by atoms with Gasteiger partial charge in [0.25, 0.3) is 0 Å². The second-order valence-corrected chi connectivity index (χ2v) is 5.42. The smallest absolute Gasteiger partial charge is 0.179 e. The fourth-order valence-corrected chi connectivity index (χ4v) is 2.66. The molecule has 0 amide bonds. The summed E-state index contributed by atoms with van der Waals surface area (Å²) in [6, 6.07) is 10.1. The van der Waals surface area contributed by atoms with Gasteiger partial charge in [-0.05, 0) is 5.56 Å². The van der Waals surface area contributed by atoms with Crippen molar-refractivity contribution in [1.82, 2.24) is 5.43 Å². The highest BCUT2D eigenvalue weighted by Crippen LogP contribution is 2.41. The lowest BCUT2D eigenvalue weighted by atomic mass is 10.1. The molecule has 5 heteroatoms. The van der Waals surface area contributed by atoms with Crippen LogP contribution in [0.5, 0.6) is 0 Å². The molecule has 3 nitrogen and oxygen atoms in total. The summed E-state index contributed by atoms with van der Waals surface area (Å²) < 4.78 is -0.312. The van der Waals surface area contributed by atoms with Crippen molar-refractivity contribution in [3.05, 3.63) is 35.9 Å². The lowest BCUT2D eigenvalue weighted by Crippen LogP contribution is -2.36. The van der Waals surface area contributed by atoms with Gasteiger partial charge in [-0.3, -0.25) is 0 Å². The average Bonchev–Trinajstić information content (AvgIpc) is 2.19. The molecule has 0 saturated heterocycles. The number of thioether (sulfide) groups is 1. The highest BCUT2D eigenvalue weighted by molar-refractivity contribution is 8.21. The van der Waals surface area contributed by atoms with Crippen LogP contribution in [0, 0.1) is 0 Å². The van der Waals surface area contributed by atoms with E-state index < -0.39 is 0 Å². The molecule has 0 aromatic heterocycles. The Morgan fingerprint density at radius 2 is 2.14 bits per heavy atom. The highest BCUT2D eigenvalue weighted by atomic mass is 32.2. The van der Waals surface area contributed by atoms with Crippen molar-refractivity contribution in [2.24, 2.45) is 10.8 Å². The first-order valence-electron chi connectivity index (χ1n) is 4.24. The zero-order valence-electron chi connectivity index (χ0n) is 7.47. The highest BCUT2D eigenvalue weighted by Gasteiger charge is 2.32. The van der Waals surface area contributed by atoms with Crippen molar-refractivity contribution in [2.75, 3.05) is 6.54 Å². The van der Waals surface area contributed by atoms with E-state index in [1.54, 1.807) is 0 Å². The summed E-state index contributed by atoms with van der Waals surface area (Å²) in [6.07, 6.45) is 0. The van der Waals surface area contributed by atoms with Gasteiger partial charge in [-0.1, -0.05) is 42.1 Å².